The van der Waals surface area contributed by atoms with E-state index in [0.29, 0.717) is 0 Å². The van der Waals surface area contributed by atoms with Crippen molar-refractivity contribution >= 4 is 22.4 Å². The molecule has 0 unspecified atom stereocenters. The Morgan fingerprint density at radius 3 is 2.87 bits per heavy atom. The van der Waals surface area contributed by atoms with Gasteiger partial charge < -0.3 is 6.41 Å². The summed E-state index contributed by atoms with van der Waals surface area (Å²) in [7, 11) is 0. The molecule has 2 aromatic heterocycles. The first-order chi connectivity index (χ1) is 6.93. The van der Waals surface area contributed by atoms with Crippen molar-refractivity contribution < 1.29 is 31.0 Å². The molecule has 0 saturated heterocycles. The molecule has 0 atom stereocenters. The quantitative estimate of drug-likeness (QED) is 0.583. The number of nitrogens with zero attached hydrogens (tertiary/aromatic N) is 2. The first kappa shape index (κ1) is 10.8. The van der Waals surface area contributed by atoms with Crippen LogP contribution in [0.3, 0.4) is 0 Å². The topological polar surface area (TPSA) is 41.6 Å². The number of fused-ring (bicyclic) bond motifs is 1. The van der Waals surface area contributed by atoms with Gasteiger partial charge in [0, 0.05) is 5.38 Å². The Balaban J connectivity index is 0.000000640. The van der Waals surface area contributed by atoms with Crippen molar-refractivity contribution in [3.8, 4) is 11.5 Å². The molecule has 0 amide bonds. The summed E-state index contributed by atoms with van der Waals surface area (Å²) in [5, 5.41) is 1.98. The Kier molecular flexibility index (Phi) is 3.21. The molecule has 70 valence electrons. The number of aromatic amines is 1. The molecule has 5 heteroatoms. The van der Waals surface area contributed by atoms with Gasteiger partial charge in [-0.05, 0) is 12.1 Å². The molecule has 1 aromatic carbocycles. The van der Waals surface area contributed by atoms with E-state index in [1.165, 1.54) is 0 Å². The average Bonchev–Trinajstić information content (AvgIpc) is 2.86. The normalized spacial score (nSPS) is 10.1. The molecule has 0 aliphatic heterocycles. The molecule has 0 saturated carbocycles. The second kappa shape index (κ2) is 4.45. The number of hydrogen-bond donors (Lipinski definition) is 1. The third kappa shape index (κ3) is 1.99. The molecule has 0 bridgehead atoms. The summed E-state index contributed by atoms with van der Waals surface area (Å²) in [6.45, 7) is 0. The van der Waals surface area contributed by atoms with Gasteiger partial charge in [0.25, 0.3) is 0 Å². The van der Waals surface area contributed by atoms with Crippen molar-refractivity contribution in [2.75, 3.05) is 0 Å². The smallest absolute Gasteiger partial charge is 1.00 e. The maximum Gasteiger partial charge on any atom is 1.00 e. The number of para-hydroxylation sites is 2. The predicted molar refractivity (Wildman–Crippen MR) is 58.3 cm³/mol. The number of rotatable bonds is 1. The summed E-state index contributed by atoms with van der Waals surface area (Å²) in [4.78, 5) is 11.9. The number of nitrogens with one attached hydrogen (secondary N) is 1. The van der Waals surface area contributed by atoms with Crippen molar-refractivity contribution in [1.29, 1.82) is 0 Å². The minimum atomic E-state index is 0. The van der Waals surface area contributed by atoms with Crippen molar-refractivity contribution in [2.45, 2.75) is 0 Å². The largest absolute Gasteiger partial charge is 1.00 e. The molecule has 2 heterocycles. The average molecular weight is 225 g/mol. The van der Waals surface area contributed by atoms with Crippen LogP contribution < -0.4 is 29.6 Å². The fourth-order valence-corrected chi connectivity index (χ4v) is 1.94. The Labute approximate surface area is 114 Å². The van der Waals surface area contributed by atoms with E-state index < -0.39 is 0 Å². The molecule has 3 nitrogen and oxygen atoms in total. The van der Waals surface area contributed by atoms with Gasteiger partial charge in [-0.3, -0.25) is 0 Å². The third-order valence-electron chi connectivity index (χ3n) is 2.06. The van der Waals surface area contributed by atoms with Gasteiger partial charge in [-0.25, -0.2) is 9.97 Å². The van der Waals surface area contributed by atoms with E-state index in [2.05, 4.69) is 15.0 Å². The summed E-state index contributed by atoms with van der Waals surface area (Å²) < 4.78 is 0. The molecule has 0 fully saturated rings. The Bertz CT molecular complexity index is 531. The van der Waals surface area contributed by atoms with Crippen LogP contribution in [0.1, 0.15) is 1.43 Å². The number of benzene rings is 1. The van der Waals surface area contributed by atoms with Crippen LogP contribution in [0.2, 0.25) is 0 Å². The van der Waals surface area contributed by atoms with E-state index in [1.807, 2.05) is 35.2 Å². The van der Waals surface area contributed by atoms with Gasteiger partial charge in [-0.1, -0.05) is 12.1 Å². The Hall–Kier alpha value is -0.680. The Morgan fingerprint density at radius 1 is 1.27 bits per heavy atom. The van der Waals surface area contributed by atoms with Crippen LogP contribution >= 0.6 is 11.3 Å². The maximum absolute atomic E-state index is 4.44. The van der Waals surface area contributed by atoms with Crippen LogP contribution in [0.5, 0.6) is 0 Å². The second-order valence-corrected chi connectivity index (χ2v) is 3.69. The molecular formula is C10H8N3NaS. The predicted octanol–water partition coefficient (Wildman–Crippen LogP) is -0.197. The second-order valence-electron chi connectivity index (χ2n) is 2.98. The minimum Gasteiger partial charge on any atom is -1.00 e. The van der Waals surface area contributed by atoms with Gasteiger partial charge in [0.2, 0.25) is 0 Å². The molecule has 3 aromatic rings. The molecule has 15 heavy (non-hydrogen) atoms. The zero-order chi connectivity index (χ0) is 9.38. The van der Waals surface area contributed by atoms with E-state index >= 15 is 0 Å². The number of hydrogen-bond acceptors (Lipinski definition) is 3. The van der Waals surface area contributed by atoms with E-state index in [4.69, 9.17) is 0 Å². The van der Waals surface area contributed by atoms with Crippen molar-refractivity contribution in [3.63, 3.8) is 0 Å². The molecule has 3 rings (SSSR count). The Morgan fingerprint density at radius 2 is 2.13 bits per heavy atom. The molecule has 0 spiro atoms. The third-order valence-corrected chi connectivity index (χ3v) is 2.65. The summed E-state index contributed by atoms with van der Waals surface area (Å²) in [6.07, 6.45) is 0. The summed E-state index contributed by atoms with van der Waals surface area (Å²) >= 11 is 1.57. The number of H-pyrrole nitrogens is 1. The zero-order valence-electron chi connectivity index (χ0n) is 9.27. The van der Waals surface area contributed by atoms with Crippen molar-refractivity contribution in [1.82, 2.24) is 15.0 Å². The van der Waals surface area contributed by atoms with Gasteiger partial charge >= 0.3 is 29.6 Å². The summed E-state index contributed by atoms with van der Waals surface area (Å²) in [6, 6.07) is 7.97. The molecule has 0 aliphatic carbocycles. The summed E-state index contributed by atoms with van der Waals surface area (Å²) in [5.41, 5.74) is 4.75. The van der Waals surface area contributed by atoms with Crippen LogP contribution in [-0.2, 0) is 0 Å². The molecule has 1 N–H and O–H groups in total. The summed E-state index contributed by atoms with van der Waals surface area (Å²) in [5.74, 6) is 0.840. The maximum atomic E-state index is 4.44. The first-order valence-corrected chi connectivity index (χ1v) is 5.21. The van der Waals surface area contributed by atoms with E-state index in [0.717, 1.165) is 22.6 Å². The van der Waals surface area contributed by atoms with E-state index in [-0.39, 0.29) is 31.0 Å². The van der Waals surface area contributed by atoms with Gasteiger partial charge in [-0.2, -0.15) is 0 Å². The van der Waals surface area contributed by atoms with Crippen LogP contribution in [0.25, 0.3) is 22.6 Å². The van der Waals surface area contributed by atoms with Gasteiger partial charge in [0.1, 0.15) is 5.69 Å². The SMILES string of the molecule is [H-].[Na+].c1ccc2[nH]c(-c3cscn3)nc2c1. The minimum absolute atomic E-state index is 0. The number of thiazole rings is 1. The van der Waals surface area contributed by atoms with Crippen molar-refractivity contribution in [3.05, 3.63) is 35.2 Å². The number of imidazole rings is 1. The van der Waals surface area contributed by atoms with Crippen LogP contribution in [-0.4, -0.2) is 15.0 Å². The zero-order valence-corrected chi connectivity index (χ0v) is 11.1. The fraction of sp³-hybridized carbons (Fsp3) is 0. The van der Waals surface area contributed by atoms with Crippen LogP contribution in [0.4, 0.5) is 0 Å². The van der Waals surface area contributed by atoms with Gasteiger partial charge in [0.05, 0.1) is 16.5 Å². The molecular weight excluding hydrogens is 217 g/mol. The van der Waals surface area contributed by atoms with Crippen molar-refractivity contribution in [2.24, 2.45) is 0 Å². The molecule has 0 radical (unpaired) electrons. The standard InChI is InChI=1S/C10H7N3S.Na.H/c1-2-4-8-7(3-1)12-10(13-8)9-5-14-6-11-9;;/h1-6H,(H,12,13);;/q;+1;-1. The fourth-order valence-electron chi connectivity index (χ4n) is 1.40. The first-order valence-electron chi connectivity index (χ1n) is 4.27. The van der Waals surface area contributed by atoms with Gasteiger partial charge in [-0.15, -0.1) is 11.3 Å². The number of aromatic nitrogens is 3. The van der Waals surface area contributed by atoms with E-state index in [9.17, 15) is 0 Å². The van der Waals surface area contributed by atoms with Crippen LogP contribution in [0.15, 0.2) is 35.2 Å². The monoisotopic (exact) mass is 225 g/mol. The van der Waals surface area contributed by atoms with Gasteiger partial charge in [0.15, 0.2) is 5.82 Å². The van der Waals surface area contributed by atoms with E-state index in [1.54, 1.807) is 11.3 Å². The molecule has 0 aliphatic rings. The van der Waals surface area contributed by atoms with Crippen LogP contribution in [0, 0.1) is 0 Å².